The Hall–Kier alpha value is -2.03. The summed E-state index contributed by atoms with van der Waals surface area (Å²) in [5, 5.41) is 0. The Morgan fingerprint density at radius 3 is 2.40 bits per heavy atom. The maximum atomic E-state index is 12.5. The predicted octanol–water partition coefficient (Wildman–Crippen LogP) is 4.43. The molecule has 3 nitrogen and oxygen atoms in total. The van der Waals surface area contributed by atoms with Gasteiger partial charge in [-0.2, -0.15) is 0 Å². The third-order valence-corrected chi connectivity index (χ3v) is 3.08. The molecule has 0 spiro atoms. The van der Waals surface area contributed by atoms with E-state index >= 15 is 0 Å². The number of carbonyl (C=O) groups is 1. The molecule has 0 aliphatic carbocycles. The van der Waals surface area contributed by atoms with E-state index < -0.39 is 0 Å². The zero-order valence-corrected chi connectivity index (χ0v) is 12.8. The number of amides is 2. The van der Waals surface area contributed by atoms with Gasteiger partial charge < -0.3 is 0 Å². The molecule has 0 unspecified atom stereocenters. The Kier molecular flexibility index (Phi) is 6.57. The van der Waals surface area contributed by atoms with Crippen LogP contribution < -0.4 is 4.90 Å². The predicted molar refractivity (Wildman–Crippen MR) is 85.8 cm³/mol. The van der Waals surface area contributed by atoms with Crippen LogP contribution in [0.2, 0.25) is 0 Å². The summed E-state index contributed by atoms with van der Waals surface area (Å²) in [6.07, 6.45) is 8.04. The van der Waals surface area contributed by atoms with Gasteiger partial charge in [-0.25, -0.2) is 4.79 Å². The molecule has 1 rings (SSSR count). The number of likely N-dealkylation sites (N-methyl/N-ethyl adjacent to an activating group) is 1. The first-order chi connectivity index (χ1) is 9.61. The van der Waals surface area contributed by atoms with Crippen molar-refractivity contribution in [3.63, 3.8) is 0 Å². The van der Waals surface area contributed by atoms with Crippen LogP contribution in [0.5, 0.6) is 0 Å². The largest absolute Gasteiger partial charge is 0.328 e. The van der Waals surface area contributed by atoms with E-state index in [1.165, 1.54) is 0 Å². The van der Waals surface area contributed by atoms with Crippen molar-refractivity contribution < 1.29 is 4.79 Å². The van der Waals surface area contributed by atoms with Gasteiger partial charge in [-0.15, -0.1) is 0 Å². The Morgan fingerprint density at radius 2 is 1.85 bits per heavy atom. The van der Waals surface area contributed by atoms with Gasteiger partial charge in [-0.1, -0.05) is 43.7 Å². The third kappa shape index (κ3) is 4.26. The zero-order chi connectivity index (χ0) is 15.0. The Balaban J connectivity index is 2.89. The smallest absolute Gasteiger partial charge is 0.297 e. The van der Waals surface area contributed by atoms with Crippen LogP contribution in [0.25, 0.3) is 0 Å². The first kappa shape index (κ1) is 16.0. The van der Waals surface area contributed by atoms with Crippen molar-refractivity contribution in [2.45, 2.75) is 26.7 Å². The highest BCUT2D eigenvalue weighted by Gasteiger charge is 2.17. The van der Waals surface area contributed by atoms with Gasteiger partial charge in [-0.3, -0.25) is 9.80 Å². The van der Waals surface area contributed by atoms with E-state index in [1.54, 1.807) is 16.8 Å². The second-order valence-corrected chi connectivity index (χ2v) is 4.65. The molecular formula is C17H24N2O. The molecule has 0 bridgehead atoms. The van der Waals surface area contributed by atoms with Crippen molar-refractivity contribution in [3.05, 3.63) is 54.3 Å². The van der Waals surface area contributed by atoms with Crippen LogP contribution >= 0.6 is 0 Å². The number of unbranched alkanes of at least 4 members (excludes halogenated alkanes) is 1. The average Bonchev–Trinajstić information content (AvgIpc) is 2.50. The van der Waals surface area contributed by atoms with E-state index in [0.717, 1.165) is 24.2 Å². The van der Waals surface area contributed by atoms with E-state index in [4.69, 9.17) is 0 Å². The molecule has 0 heterocycles. The minimum Gasteiger partial charge on any atom is -0.297 e. The van der Waals surface area contributed by atoms with Gasteiger partial charge in [0.2, 0.25) is 0 Å². The van der Waals surface area contributed by atoms with Gasteiger partial charge in [0.15, 0.2) is 0 Å². The van der Waals surface area contributed by atoms with Crippen molar-refractivity contribution >= 4 is 11.7 Å². The van der Waals surface area contributed by atoms with Crippen LogP contribution in [-0.4, -0.2) is 25.0 Å². The summed E-state index contributed by atoms with van der Waals surface area (Å²) in [5.74, 6) is 0. The van der Waals surface area contributed by atoms with Crippen LogP contribution in [0, 0.1) is 0 Å². The molecule has 0 saturated carbocycles. The van der Waals surface area contributed by atoms with E-state index in [9.17, 15) is 4.79 Å². The summed E-state index contributed by atoms with van der Waals surface area (Å²) in [5.41, 5.74) is 1.82. The first-order valence-corrected chi connectivity index (χ1v) is 7.01. The number of benzene rings is 1. The number of anilines is 1. The molecular weight excluding hydrogens is 248 g/mol. The van der Waals surface area contributed by atoms with Gasteiger partial charge >= 0.3 is 6.03 Å². The number of para-hydroxylation sites is 1. The Morgan fingerprint density at radius 1 is 1.20 bits per heavy atom. The second-order valence-electron chi connectivity index (χ2n) is 4.65. The van der Waals surface area contributed by atoms with E-state index in [1.807, 2.05) is 56.5 Å². The summed E-state index contributed by atoms with van der Waals surface area (Å²) >= 11 is 0. The number of nitrogens with zero attached hydrogens (tertiary/aromatic N) is 2. The minimum absolute atomic E-state index is 0.0448. The number of rotatable bonds is 5. The molecule has 0 radical (unpaired) electrons. The van der Waals surface area contributed by atoms with E-state index in [0.29, 0.717) is 0 Å². The Labute approximate surface area is 122 Å². The van der Waals surface area contributed by atoms with Gasteiger partial charge in [0.05, 0.1) is 0 Å². The van der Waals surface area contributed by atoms with Crippen molar-refractivity contribution in [3.8, 4) is 0 Å². The maximum absolute atomic E-state index is 12.5. The summed E-state index contributed by atoms with van der Waals surface area (Å²) in [6.45, 7) is 4.08. The molecule has 0 atom stereocenters. The fraction of sp³-hybridized carbons (Fsp3) is 0.353. The number of carbonyl (C=O) groups excluding carboxylic acids is 1. The fourth-order valence-electron chi connectivity index (χ4n) is 1.88. The average molecular weight is 272 g/mol. The lowest BCUT2D eigenvalue weighted by molar-refractivity contribution is 0.227. The topological polar surface area (TPSA) is 23.6 Å². The highest BCUT2D eigenvalue weighted by Crippen LogP contribution is 2.16. The van der Waals surface area contributed by atoms with Crippen LogP contribution in [0.3, 0.4) is 0 Å². The third-order valence-electron chi connectivity index (χ3n) is 3.08. The van der Waals surface area contributed by atoms with E-state index in [2.05, 4.69) is 13.0 Å². The van der Waals surface area contributed by atoms with Crippen molar-refractivity contribution in [2.24, 2.45) is 0 Å². The van der Waals surface area contributed by atoms with Crippen LogP contribution in [0.1, 0.15) is 26.7 Å². The monoisotopic (exact) mass is 272 g/mol. The summed E-state index contributed by atoms with van der Waals surface area (Å²) in [4.78, 5) is 15.8. The second kappa shape index (κ2) is 8.20. The molecule has 3 heteroatoms. The first-order valence-electron chi connectivity index (χ1n) is 7.01. The molecule has 0 aromatic heterocycles. The lowest BCUT2D eigenvalue weighted by atomic mass is 10.2. The fourth-order valence-corrected chi connectivity index (χ4v) is 1.88. The van der Waals surface area contributed by atoms with Gasteiger partial charge in [0.1, 0.15) is 0 Å². The molecule has 0 N–H and O–H groups in total. The number of allylic oxidation sites excluding steroid dienone is 3. The Bertz CT molecular complexity index is 477. The standard InChI is InChI=1S/C17H24N2O/c1-5-7-12-15(11-6-2)18(3)17(20)19(4)16-13-9-8-10-14-16/h6,8-14H,5,7H2,1-4H3. The zero-order valence-electron chi connectivity index (χ0n) is 12.8. The lowest BCUT2D eigenvalue weighted by Gasteiger charge is -2.26. The molecule has 1 aromatic carbocycles. The van der Waals surface area contributed by atoms with Crippen LogP contribution in [0.4, 0.5) is 10.5 Å². The van der Waals surface area contributed by atoms with Gasteiger partial charge in [0, 0.05) is 25.5 Å². The van der Waals surface area contributed by atoms with Crippen molar-refractivity contribution in [2.75, 3.05) is 19.0 Å². The number of hydrogen-bond donors (Lipinski definition) is 0. The lowest BCUT2D eigenvalue weighted by Crippen LogP contribution is -2.38. The minimum atomic E-state index is -0.0448. The summed E-state index contributed by atoms with van der Waals surface area (Å²) in [6, 6.07) is 9.61. The molecule has 20 heavy (non-hydrogen) atoms. The van der Waals surface area contributed by atoms with Gasteiger partial charge in [-0.05, 0) is 31.6 Å². The molecule has 0 fully saturated rings. The molecule has 0 aliphatic rings. The van der Waals surface area contributed by atoms with Crippen molar-refractivity contribution in [1.29, 1.82) is 0 Å². The number of hydrogen-bond acceptors (Lipinski definition) is 1. The van der Waals surface area contributed by atoms with Crippen molar-refractivity contribution in [1.82, 2.24) is 4.90 Å². The molecule has 0 aliphatic heterocycles. The highest BCUT2D eigenvalue weighted by molar-refractivity contribution is 5.92. The molecule has 108 valence electrons. The summed E-state index contributed by atoms with van der Waals surface area (Å²) < 4.78 is 0. The molecule has 1 aromatic rings. The SMILES string of the molecule is CC=CC(=CCCC)N(C)C(=O)N(C)c1ccccc1. The summed E-state index contributed by atoms with van der Waals surface area (Å²) in [7, 11) is 3.60. The number of urea groups is 1. The van der Waals surface area contributed by atoms with Crippen LogP contribution in [-0.2, 0) is 0 Å². The normalized spacial score (nSPS) is 11.7. The van der Waals surface area contributed by atoms with Crippen LogP contribution in [0.15, 0.2) is 54.3 Å². The molecule has 2 amide bonds. The highest BCUT2D eigenvalue weighted by atomic mass is 16.2. The van der Waals surface area contributed by atoms with E-state index in [-0.39, 0.29) is 6.03 Å². The maximum Gasteiger partial charge on any atom is 0.328 e. The van der Waals surface area contributed by atoms with Gasteiger partial charge in [0.25, 0.3) is 0 Å². The quantitative estimate of drug-likeness (QED) is 0.727. The molecule has 0 saturated heterocycles.